The average molecular weight is 483 g/mol. The van der Waals surface area contributed by atoms with E-state index < -0.39 is 11.7 Å². The average Bonchev–Trinajstić information content (AvgIpc) is 3.31. The van der Waals surface area contributed by atoms with Crippen molar-refractivity contribution in [3.8, 4) is 17.0 Å². The van der Waals surface area contributed by atoms with Gasteiger partial charge in [0.05, 0.1) is 16.9 Å². The number of nitrogens with zero attached hydrogens (tertiary/aromatic N) is 2. The van der Waals surface area contributed by atoms with Crippen LogP contribution in [0.2, 0.25) is 10.0 Å². The molecule has 0 radical (unpaired) electrons. The van der Waals surface area contributed by atoms with E-state index in [0.717, 1.165) is 17.3 Å². The summed E-state index contributed by atoms with van der Waals surface area (Å²) in [6.45, 7) is 0.352. The Morgan fingerprint density at radius 3 is 2.58 bits per heavy atom. The van der Waals surface area contributed by atoms with Crippen LogP contribution in [0.4, 0.5) is 4.39 Å². The number of aromatic nitrogens is 2. The summed E-state index contributed by atoms with van der Waals surface area (Å²) in [6.07, 6.45) is 1.15. The van der Waals surface area contributed by atoms with Crippen LogP contribution in [0, 0.1) is 5.82 Å². The third kappa shape index (κ3) is 5.58. The maximum atomic E-state index is 13.8. The number of nitrogens with one attached hydrogen (secondary N) is 2. The van der Waals surface area contributed by atoms with Gasteiger partial charge in [0.2, 0.25) is 0 Å². The van der Waals surface area contributed by atoms with E-state index in [-0.39, 0.29) is 16.3 Å². The van der Waals surface area contributed by atoms with Gasteiger partial charge in [0.1, 0.15) is 23.9 Å². The molecule has 4 rings (SSSR count). The predicted octanol–water partition coefficient (Wildman–Crippen LogP) is 5.87. The van der Waals surface area contributed by atoms with E-state index in [1.165, 1.54) is 18.2 Å². The van der Waals surface area contributed by atoms with E-state index in [9.17, 15) is 9.18 Å². The number of amides is 1. The van der Waals surface area contributed by atoms with Gasteiger partial charge in [-0.2, -0.15) is 10.2 Å². The largest absolute Gasteiger partial charge is 0.489 e. The number of aromatic amines is 1. The van der Waals surface area contributed by atoms with Gasteiger partial charge in [0.15, 0.2) is 0 Å². The molecule has 0 bridgehead atoms. The lowest BCUT2D eigenvalue weighted by molar-refractivity contribution is 0.0950. The van der Waals surface area contributed by atoms with Crippen molar-refractivity contribution in [1.82, 2.24) is 15.6 Å². The van der Waals surface area contributed by atoms with E-state index in [4.69, 9.17) is 27.9 Å². The molecule has 4 aromatic rings. The SMILES string of the molecule is O=C(N/N=C\c1c(F)cccc1Cl)c1cc(-c2ccc(OCc3ccccc3Cl)cc2)n[nH]1. The summed E-state index contributed by atoms with van der Waals surface area (Å²) < 4.78 is 19.5. The Hall–Kier alpha value is -3.68. The maximum absolute atomic E-state index is 13.8. The predicted molar refractivity (Wildman–Crippen MR) is 126 cm³/mol. The second kappa shape index (κ2) is 10.3. The van der Waals surface area contributed by atoms with Gasteiger partial charge >= 0.3 is 0 Å². The normalized spacial score (nSPS) is 11.0. The highest BCUT2D eigenvalue weighted by Crippen LogP contribution is 2.23. The van der Waals surface area contributed by atoms with E-state index in [1.807, 2.05) is 48.5 Å². The molecule has 166 valence electrons. The zero-order valence-electron chi connectivity index (χ0n) is 17.1. The van der Waals surface area contributed by atoms with Gasteiger partial charge in [-0.15, -0.1) is 0 Å². The van der Waals surface area contributed by atoms with E-state index in [1.54, 1.807) is 6.07 Å². The fourth-order valence-electron chi connectivity index (χ4n) is 2.93. The molecule has 9 heteroatoms. The Kier molecular flexibility index (Phi) is 7.02. The number of carbonyl (C=O) groups is 1. The van der Waals surface area contributed by atoms with Crippen molar-refractivity contribution in [1.29, 1.82) is 0 Å². The van der Waals surface area contributed by atoms with Crippen molar-refractivity contribution >= 4 is 35.3 Å². The van der Waals surface area contributed by atoms with Crippen molar-refractivity contribution in [3.63, 3.8) is 0 Å². The smallest absolute Gasteiger partial charge is 0.289 e. The van der Waals surface area contributed by atoms with E-state index in [0.29, 0.717) is 23.1 Å². The minimum absolute atomic E-state index is 0.0848. The van der Waals surface area contributed by atoms with Crippen LogP contribution in [0.15, 0.2) is 77.9 Å². The Morgan fingerprint density at radius 1 is 1.06 bits per heavy atom. The fraction of sp³-hybridized carbons (Fsp3) is 0.0417. The second-order valence-corrected chi connectivity index (χ2v) is 7.72. The summed E-state index contributed by atoms with van der Waals surface area (Å²) in [7, 11) is 0. The highest BCUT2D eigenvalue weighted by atomic mass is 35.5. The van der Waals surface area contributed by atoms with Crippen molar-refractivity contribution < 1.29 is 13.9 Å². The lowest BCUT2D eigenvalue weighted by atomic mass is 10.1. The first-order chi connectivity index (χ1) is 16.0. The van der Waals surface area contributed by atoms with Crippen LogP contribution in [0.5, 0.6) is 5.75 Å². The molecule has 6 nitrogen and oxygen atoms in total. The number of hydrazone groups is 1. The van der Waals surface area contributed by atoms with Crippen LogP contribution in [0.1, 0.15) is 21.6 Å². The van der Waals surface area contributed by atoms with Gasteiger partial charge in [0, 0.05) is 21.7 Å². The summed E-state index contributed by atoms with van der Waals surface area (Å²) in [6, 6.07) is 20.6. The lowest BCUT2D eigenvalue weighted by Gasteiger charge is -2.08. The van der Waals surface area contributed by atoms with Crippen LogP contribution in [0.25, 0.3) is 11.3 Å². The topological polar surface area (TPSA) is 79.4 Å². The van der Waals surface area contributed by atoms with Crippen LogP contribution in [-0.2, 0) is 6.61 Å². The standard InChI is InChI=1S/C24H17Cl2FN4O2/c25-19-5-2-1-4-16(19)14-33-17-10-8-15(9-11-17)22-12-23(30-29-22)24(32)31-28-13-18-20(26)6-3-7-21(18)27/h1-13H,14H2,(H,29,30)(H,31,32)/b28-13-. The number of rotatable bonds is 7. The molecule has 0 aliphatic rings. The van der Waals surface area contributed by atoms with Crippen molar-refractivity contribution in [3.05, 3.63) is 105 Å². The maximum Gasteiger partial charge on any atom is 0.289 e. The van der Waals surface area contributed by atoms with E-state index >= 15 is 0 Å². The minimum atomic E-state index is -0.538. The highest BCUT2D eigenvalue weighted by molar-refractivity contribution is 6.33. The molecule has 1 amide bonds. The number of hydrogen-bond acceptors (Lipinski definition) is 4. The van der Waals surface area contributed by atoms with Gasteiger partial charge in [-0.05, 0) is 48.5 Å². The number of ether oxygens (including phenoxy) is 1. The summed E-state index contributed by atoms with van der Waals surface area (Å²) >= 11 is 12.1. The summed E-state index contributed by atoms with van der Waals surface area (Å²) in [4.78, 5) is 12.3. The molecule has 1 heterocycles. The van der Waals surface area contributed by atoms with Crippen LogP contribution in [0.3, 0.4) is 0 Å². The summed E-state index contributed by atoms with van der Waals surface area (Å²) in [5, 5.41) is 11.4. The number of halogens is 3. The molecule has 0 atom stereocenters. The number of hydrogen-bond donors (Lipinski definition) is 2. The molecule has 0 aliphatic heterocycles. The minimum Gasteiger partial charge on any atom is -0.489 e. The van der Waals surface area contributed by atoms with Gasteiger partial charge < -0.3 is 4.74 Å². The molecule has 0 spiro atoms. The first-order valence-electron chi connectivity index (χ1n) is 9.81. The van der Waals surface area contributed by atoms with Gasteiger partial charge in [-0.3, -0.25) is 9.89 Å². The monoisotopic (exact) mass is 482 g/mol. The van der Waals surface area contributed by atoms with Crippen LogP contribution >= 0.6 is 23.2 Å². The fourth-order valence-corrected chi connectivity index (χ4v) is 3.34. The quantitative estimate of drug-likeness (QED) is 0.255. The molecule has 0 aliphatic carbocycles. The van der Waals surface area contributed by atoms with Crippen LogP contribution in [-0.4, -0.2) is 22.3 Å². The molecule has 0 fully saturated rings. The summed E-state index contributed by atoms with van der Waals surface area (Å²) in [5.41, 5.74) is 4.85. The molecule has 33 heavy (non-hydrogen) atoms. The third-order valence-electron chi connectivity index (χ3n) is 4.68. The van der Waals surface area contributed by atoms with Gasteiger partial charge in [0.25, 0.3) is 5.91 Å². The van der Waals surface area contributed by atoms with Crippen LogP contribution < -0.4 is 10.2 Å². The van der Waals surface area contributed by atoms with E-state index in [2.05, 4.69) is 20.7 Å². The van der Waals surface area contributed by atoms with Crippen molar-refractivity contribution in [2.24, 2.45) is 5.10 Å². The van der Waals surface area contributed by atoms with Crippen molar-refractivity contribution in [2.75, 3.05) is 0 Å². The zero-order valence-corrected chi connectivity index (χ0v) is 18.6. The Balaban J connectivity index is 1.37. The highest BCUT2D eigenvalue weighted by Gasteiger charge is 2.11. The Labute approximate surface area is 199 Å². The second-order valence-electron chi connectivity index (χ2n) is 6.91. The number of H-pyrrole nitrogens is 1. The Morgan fingerprint density at radius 2 is 1.82 bits per heavy atom. The number of carbonyl (C=O) groups excluding carboxylic acids is 1. The molecule has 3 aromatic carbocycles. The molecule has 2 N–H and O–H groups in total. The van der Waals surface area contributed by atoms with Gasteiger partial charge in [-0.1, -0.05) is 47.5 Å². The summed E-state index contributed by atoms with van der Waals surface area (Å²) in [5.74, 6) is -0.394. The third-order valence-corrected chi connectivity index (χ3v) is 5.38. The molecular formula is C24H17Cl2FN4O2. The zero-order chi connectivity index (χ0) is 23.2. The molecule has 1 aromatic heterocycles. The first-order valence-corrected chi connectivity index (χ1v) is 10.6. The molecule has 0 unspecified atom stereocenters. The molecule has 0 saturated carbocycles. The van der Waals surface area contributed by atoms with Crippen molar-refractivity contribution in [2.45, 2.75) is 6.61 Å². The Bertz CT molecular complexity index is 1290. The first kappa shape index (κ1) is 22.5. The van der Waals surface area contributed by atoms with Gasteiger partial charge in [-0.25, -0.2) is 9.82 Å². The lowest BCUT2D eigenvalue weighted by Crippen LogP contribution is -2.18. The molecule has 0 saturated heterocycles. The molecular weight excluding hydrogens is 466 g/mol. The number of benzene rings is 3.